The summed E-state index contributed by atoms with van der Waals surface area (Å²) < 4.78 is 11.3. The van der Waals surface area contributed by atoms with E-state index in [4.69, 9.17) is 9.47 Å². The molecule has 1 rings (SSSR count). The first kappa shape index (κ1) is 76.1. The molecule has 468 valence electrons. The van der Waals surface area contributed by atoms with Crippen LogP contribution in [0.15, 0.2) is 97.2 Å². The number of unbranched alkanes of at least 4 members (excludes halogenated alkanes) is 32. The molecule has 0 aromatic carbocycles. The summed E-state index contributed by atoms with van der Waals surface area (Å²) in [7, 11) is 0. The van der Waals surface area contributed by atoms with E-state index in [1.54, 1.807) is 0 Å². The van der Waals surface area contributed by atoms with Gasteiger partial charge >= 0.3 is 0 Å². The minimum atomic E-state index is -1.57. The van der Waals surface area contributed by atoms with Gasteiger partial charge in [-0.3, -0.25) is 4.79 Å². The summed E-state index contributed by atoms with van der Waals surface area (Å²) in [5.41, 5.74) is 0. The summed E-state index contributed by atoms with van der Waals surface area (Å²) >= 11 is 0. The lowest BCUT2D eigenvalue weighted by atomic mass is 9.99. The highest BCUT2D eigenvalue weighted by Gasteiger charge is 2.44. The Kier molecular flexibility index (Phi) is 56.6. The van der Waals surface area contributed by atoms with Crippen LogP contribution in [0.1, 0.15) is 296 Å². The zero-order valence-electron chi connectivity index (χ0n) is 52.3. The molecule has 1 fully saturated rings. The summed E-state index contributed by atoms with van der Waals surface area (Å²) in [4.78, 5) is 13.1. The van der Waals surface area contributed by atoms with Gasteiger partial charge in [0.2, 0.25) is 5.91 Å². The summed E-state index contributed by atoms with van der Waals surface area (Å²) in [6.45, 7) is 3.74. The molecule has 9 nitrogen and oxygen atoms in total. The van der Waals surface area contributed by atoms with E-state index in [2.05, 4.69) is 116 Å². The smallest absolute Gasteiger partial charge is 0.220 e. The van der Waals surface area contributed by atoms with E-state index in [0.29, 0.717) is 12.8 Å². The molecule has 0 spiro atoms. The summed E-state index contributed by atoms with van der Waals surface area (Å²) in [5.74, 6) is -0.169. The van der Waals surface area contributed by atoms with E-state index in [1.165, 1.54) is 167 Å². The standard InChI is InChI=1S/C72H127NO8/c1-3-5-7-9-11-13-15-17-19-21-23-25-27-29-31-33-35-37-39-41-43-45-47-49-51-53-55-57-59-61-66(75)65(64-80-72-71(79)70(78)69(77)67(63-74)81-72)73-68(76)62-60-58-56-54-52-50-48-46-44-42-40-38-36-34-32-30-28-26-24-22-20-18-16-14-12-10-8-6-4-2/h6,8,12,14,18,20,24,26,30,32,36,38,42,44,48,50,65-67,69-72,74-75,77-79H,3-5,7,9-11,13,15-17,19,21-23,25,27-29,31,33-35,37,39-41,43,45-47,49,51-64H2,1-2H3,(H,73,76)/b8-6-,14-12-,20-18-,26-24-,32-30-,38-36-,44-42-,50-48-. The van der Waals surface area contributed by atoms with Gasteiger partial charge in [-0.25, -0.2) is 0 Å². The highest BCUT2D eigenvalue weighted by Crippen LogP contribution is 2.23. The number of hydrogen-bond acceptors (Lipinski definition) is 8. The second-order valence-electron chi connectivity index (χ2n) is 23.2. The Hall–Kier alpha value is -2.89. The SMILES string of the molecule is CC/C=C\C/C=C\C/C=C\C/C=C\C/C=C\C/C=C\C/C=C\C/C=C\CCCCCCC(=O)NC(COC1OC(CO)C(O)C(O)C1O)C(O)CCCCCCCCCCCCCCCCCCCCCCCCCCCCCCC. The molecule has 0 aliphatic carbocycles. The lowest BCUT2D eigenvalue weighted by Crippen LogP contribution is -2.60. The van der Waals surface area contributed by atoms with Crippen LogP contribution < -0.4 is 5.32 Å². The minimum Gasteiger partial charge on any atom is -0.394 e. The van der Waals surface area contributed by atoms with Crippen molar-refractivity contribution in [3.8, 4) is 0 Å². The van der Waals surface area contributed by atoms with Crippen molar-refractivity contribution in [3.05, 3.63) is 97.2 Å². The lowest BCUT2D eigenvalue weighted by molar-refractivity contribution is -0.302. The van der Waals surface area contributed by atoms with Gasteiger partial charge in [0.1, 0.15) is 24.4 Å². The number of carbonyl (C=O) groups is 1. The Labute approximate surface area is 498 Å². The van der Waals surface area contributed by atoms with Crippen LogP contribution in [0, 0.1) is 0 Å². The van der Waals surface area contributed by atoms with Crippen molar-refractivity contribution < 1.29 is 39.8 Å². The van der Waals surface area contributed by atoms with Crippen molar-refractivity contribution in [3.63, 3.8) is 0 Å². The number of nitrogens with one attached hydrogen (secondary N) is 1. The van der Waals surface area contributed by atoms with Crippen LogP contribution in [0.25, 0.3) is 0 Å². The molecule has 1 amide bonds. The fraction of sp³-hybridized carbons (Fsp3) is 0.764. The van der Waals surface area contributed by atoms with Gasteiger partial charge in [0.25, 0.3) is 0 Å². The number of aliphatic hydroxyl groups excluding tert-OH is 5. The number of hydrogen-bond donors (Lipinski definition) is 6. The average molecular weight is 1130 g/mol. The van der Waals surface area contributed by atoms with E-state index in [9.17, 15) is 30.3 Å². The second-order valence-corrected chi connectivity index (χ2v) is 23.2. The van der Waals surface area contributed by atoms with Gasteiger partial charge in [0.05, 0.1) is 25.4 Å². The van der Waals surface area contributed by atoms with Crippen molar-refractivity contribution in [2.24, 2.45) is 0 Å². The predicted molar refractivity (Wildman–Crippen MR) is 345 cm³/mol. The molecule has 7 unspecified atom stereocenters. The Bertz CT molecular complexity index is 1600. The molecule has 9 heteroatoms. The van der Waals surface area contributed by atoms with Crippen molar-refractivity contribution in [1.29, 1.82) is 0 Å². The molecule has 0 aromatic heterocycles. The number of aliphatic hydroxyl groups is 5. The van der Waals surface area contributed by atoms with Crippen molar-refractivity contribution >= 4 is 5.91 Å². The van der Waals surface area contributed by atoms with E-state index >= 15 is 0 Å². The molecule has 1 heterocycles. The van der Waals surface area contributed by atoms with E-state index in [0.717, 1.165) is 103 Å². The van der Waals surface area contributed by atoms with E-state index in [1.807, 2.05) is 0 Å². The number of ether oxygens (including phenoxy) is 2. The molecule has 0 radical (unpaired) electrons. The van der Waals surface area contributed by atoms with E-state index < -0.39 is 49.5 Å². The van der Waals surface area contributed by atoms with Crippen LogP contribution in [-0.4, -0.2) is 87.5 Å². The number of rotatable bonds is 58. The van der Waals surface area contributed by atoms with Gasteiger partial charge in [-0.2, -0.15) is 0 Å². The first-order valence-corrected chi connectivity index (χ1v) is 33.9. The normalized spacial score (nSPS) is 19.0. The van der Waals surface area contributed by atoms with Gasteiger partial charge in [-0.05, 0) is 77.0 Å². The molecule has 1 aliphatic heterocycles. The highest BCUT2D eigenvalue weighted by molar-refractivity contribution is 5.76. The maximum absolute atomic E-state index is 13.1. The van der Waals surface area contributed by atoms with Gasteiger partial charge in [0, 0.05) is 6.42 Å². The van der Waals surface area contributed by atoms with Crippen LogP contribution in [0.5, 0.6) is 0 Å². The molecule has 81 heavy (non-hydrogen) atoms. The predicted octanol–water partition coefficient (Wildman–Crippen LogP) is 18.3. The third-order valence-corrected chi connectivity index (χ3v) is 15.7. The fourth-order valence-electron chi connectivity index (χ4n) is 10.4. The molecule has 0 aromatic rings. The fourth-order valence-corrected chi connectivity index (χ4v) is 10.4. The van der Waals surface area contributed by atoms with Crippen LogP contribution in [0.4, 0.5) is 0 Å². The van der Waals surface area contributed by atoms with Gasteiger partial charge < -0.3 is 40.3 Å². The second kappa shape index (κ2) is 60.2. The lowest BCUT2D eigenvalue weighted by Gasteiger charge is -2.40. The maximum Gasteiger partial charge on any atom is 0.220 e. The van der Waals surface area contributed by atoms with Gasteiger partial charge in [-0.1, -0.05) is 310 Å². The average Bonchev–Trinajstić information content (AvgIpc) is 3.51. The van der Waals surface area contributed by atoms with Crippen molar-refractivity contribution in [1.82, 2.24) is 5.32 Å². The minimum absolute atomic E-state index is 0.154. The Balaban J connectivity index is 2.18. The van der Waals surface area contributed by atoms with Crippen molar-refractivity contribution in [2.75, 3.05) is 13.2 Å². The summed E-state index contributed by atoms with van der Waals surface area (Å²) in [6.07, 6.45) is 80.3. The highest BCUT2D eigenvalue weighted by atomic mass is 16.7. The van der Waals surface area contributed by atoms with Gasteiger partial charge in [-0.15, -0.1) is 0 Å². The Morgan fingerprint density at radius 3 is 1.14 bits per heavy atom. The molecule has 1 saturated heterocycles. The number of allylic oxidation sites excluding steroid dienone is 16. The quantitative estimate of drug-likeness (QED) is 0.0261. The Morgan fingerprint density at radius 2 is 0.765 bits per heavy atom. The van der Waals surface area contributed by atoms with Crippen LogP contribution >= 0.6 is 0 Å². The maximum atomic E-state index is 13.1. The molecule has 1 aliphatic rings. The third-order valence-electron chi connectivity index (χ3n) is 15.7. The topological polar surface area (TPSA) is 149 Å². The van der Waals surface area contributed by atoms with E-state index in [-0.39, 0.29) is 12.5 Å². The van der Waals surface area contributed by atoms with Gasteiger partial charge in [0.15, 0.2) is 6.29 Å². The Morgan fingerprint density at radius 1 is 0.432 bits per heavy atom. The molecular formula is C72H127NO8. The molecule has 6 N–H and O–H groups in total. The zero-order chi connectivity index (χ0) is 58.6. The molecular weight excluding hydrogens is 1010 g/mol. The van der Waals surface area contributed by atoms with Crippen molar-refractivity contribution in [2.45, 2.75) is 339 Å². The molecule has 0 bridgehead atoms. The van der Waals surface area contributed by atoms with Crippen LogP contribution in [0.3, 0.4) is 0 Å². The summed E-state index contributed by atoms with van der Waals surface area (Å²) in [5, 5.41) is 54.9. The monoisotopic (exact) mass is 1130 g/mol. The number of carbonyl (C=O) groups excluding carboxylic acids is 1. The first-order valence-electron chi connectivity index (χ1n) is 33.9. The summed E-state index contributed by atoms with van der Waals surface area (Å²) in [6, 6.07) is -0.742. The first-order chi connectivity index (χ1) is 39.8. The van der Waals surface area contributed by atoms with Crippen LogP contribution in [-0.2, 0) is 14.3 Å². The zero-order valence-corrected chi connectivity index (χ0v) is 52.3. The third kappa shape index (κ3) is 49.1. The number of amides is 1. The molecule has 7 atom stereocenters. The van der Waals surface area contributed by atoms with Crippen LogP contribution in [0.2, 0.25) is 0 Å². The largest absolute Gasteiger partial charge is 0.394 e. The molecule has 0 saturated carbocycles.